The first-order valence-electron chi connectivity index (χ1n) is 5.06. The minimum Gasteiger partial charge on any atom is -0.383 e. The van der Waals surface area contributed by atoms with Crippen molar-refractivity contribution in [3.63, 3.8) is 0 Å². The molecule has 3 atom stereocenters. The van der Waals surface area contributed by atoms with Crippen molar-refractivity contribution in [2.75, 3.05) is 6.26 Å². The molecule has 7 heteroatoms. The maximum atomic E-state index is 12.3. The van der Waals surface area contributed by atoms with Crippen LogP contribution in [0.3, 0.4) is 0 Å². The molecule has 0 aromatic carbocycles. The average molecular weight is 260 g/mol. The van der Waals surface area contributed by atoms with E-state index in [-0.39, 0.29) is 12.8 Å². The Morgan fingerprint density at radius 2 is 1.88 bits per heavy atom. The summed E-state index contributed by atoms with van der Waals surface area (Å²) < 4.78 is 59.3. The molecule has 1 fully saturated rings. The first-order chi connectivity index (χ1) is 7.12. The number of aliphatic hydroxyl groups is 1. The number of alkyl halides is 3. The molecule has 1 aliphatic carbocycles. The summed E-state index contributed by atoms with van der Waals surface area (Å²) in [6.07, 6.45) is -5.11. The molecular weight excluding hydrogens is 245 g/mol. The number of aliphatic hydroxyl groups excluding tert-OH is 1. The first kappa shape index (κ1) is 13.8. The van der Waals surface area contributed by atoms with E-state index in [2.05, 4.69) is 0 Å². The lowest BCUT2D eigenvalue weighted by Crippen LogP contribution is -2.40. The molecule has 0 bridgehead atoms. The Hall–Kier alpha value is -0.300. The third-order valence-electron chi connectivity index (χ3n) is 3.05. The Bertz CT molecular complexity index is 336. The van der Waals surface area contributed by atoms with Crippen LogP contribution < -0.4 is 0 Å². The summed E-state index contributed by atoms with van der Waals surface area (Å²) in [5, 5.41) is 8.33. The first-order valence-corrected chi connectivity index (χ1v) is 7.01. The van der Waals surface area contributed by atoms with E-state index in [4.69, 9.17) is 5.11 Å². The number of halogens is 3. The van der Waals surface area contributed by atoms with Crippen LogP contribution in [0.5, 0.6) is 0 Å². The van der Waals surface area contributed by atoms with Gasteiger partial charge in [0.25, 0.3) is 0 Å². The molecule has 0 spiro atoms. The normalized spacial score (nSPS) is 30.1. The summed E-state index contributed by atoms with van der Waals surface area (Å²) in [6.45, 7) is 0. The van der Waals surface area contributed by atoms with Crippen LogP contribution in [-0.2, 0) is 9.84 Å². The van der Waals surface area contributed by atoms with Gasteiger partial charge in [0.15, 0.2) is 6.10 Å². The molecule has 3 nitrogen and oxygen atoms in total. The summed E-state index contributed by atoms with van der Waals surface area (Å²) in [5.74, 6) is -0.992. The average Bonchev–Trinajstić information content (AvgIpc) is 2.14. The van der Waals surface area contributed by atoms with Gasteiger partial charge in [-0.3, -0.25) is 0 Å². The Morgan fingerprint density at radius 3 is 2.31 bits per heavy atom. The van der Waals surface area contributed by atoms with E-state index < -0.39 is 33.3 Å². The van der Waals surface area contributed by atoms with Gasteiger partial charge in [0.1, 0.15) is 9.84 Å². The molecule has 96 valence electrons. The molecule has 16 heavy (non-hydrogen) atoms. The fraction of sp³-hybridized carbons (Fsp3) is 1.00. The second kappa shape index (κ2) is 4.52. The van der Waals surface area contributed by atoms with Crippen LogP contribution in [0.25, 0.3) is 0 Å². The van der Waals surface area contributed by atoms with Crippen molar-refractivity contribution in [2.45, 2.75) is 43.2 Å². The van der Waals surface area contributed by atoms with Crippen LogP contribution in [0.15, 0.2) is 0 Å². The van der Waals surface area contributed by atoms with Gasteiger partial charge in [-0.1, -0.05) is 6.42 Å². The topological polar surface area (TPSA) is 54.4 Å². The van der Waals surface area contributed by atoms with Crippen molar-refractivity contribution in [3.05, 3.63) is 0 Å². The molecule has 0 heterocycles. The molecule has 0 aromatic heterocycles. The van der Waals surface area contributed by atoms with Gasteiger partial charge in [-0.2, -0.15) is 13.2 Å². The van der Waals surface area contributed by atoms with Crippen molar-refractivity contribution in [1.29, 1.82) is 0 Å². The van der Waals surface area contributed by atoms with E-state index in [0.717, 1.165) is 6.26 Å². The number of sulfone groups is 1. The van der Waals surface area contributed by atoms with E-state index in [9.17, 15) is 21.6 Å². The Morgan fingerprint density at radius 1 is 1.31 bits per heavy atom. The smallest absolute Gasteiger partial charge is 0.383 e. The van der Waals surface area contributed by atoms with E-state index in [1.54, 1.807) is 0 Å². The predicted octanol–water partition coefficient (Wildman–Crippen LogP) is 1.51. The molecule has 1 N–H and O–H groups in total. The molecule has 1 rings (SSSR count). The summed E-state index contributed by atoms with van der Waals surface area (Å²) in [5.41, 5.74) is 0. The lowest BCUT2D eigenvalue weighted by Gasteiger charge is -2.32. The molecule has 0 saturated heterocycles. The zero-order valence-corrected chi connectivity index (χ0v) is 9.68. The minimum atomic E-state index is -4.66. The molecule has 0 aromatic rings. The van der Waals surface area contributed by atoms with Crippen LogP contribution in [-0.4, -0.2) is 37.3 Å². The van der Waals surface area contributed by atoms with E-state index in [0.29, 0.717) is 12.8 Å². The minimum absolute atomic E-state index is 0.0977. The van der Waals surface area contributed by atoms with Crippen molar-refractivity contribution in [3.8, 4) is 0 Å². The van der Waals surface area contributed by atoms with Crippen LogP contribution in [0.4, 0.5) is 13.2 Å². The zero-order valence-electron chi connectivity index (χ0n) is 8.87. The van der Waals surface area contributed by atoms with Crippen LogP contribution in [0.1, 0.15) is 25.7 Å². The van der Waals surface area contributed by atoms with Crippen molar-refractivity contribution in [1.82, 2.24) is 0 Å². The quantitative estimate of drug-likeness (QED) is 0.819. The van der Waals surface area contributed by atoms with E-state index in [1.807, 2.05) is 0 Å². The highest BCUT2D eigenvalue weighted by Gasteiger charge is 2.45. The Labute approximate surface area is 92.6 Å². The van der Waals surface area contributed by atoms with Crippen LogP contribution in [0, 0.1) is 5.92 Å². The molecular formula is C9H15F3O3S. The van der Waals surface area contributed by atoms with Gasteiger partial charge in [0.05, 0.1) is 5.25 Å². The van der Waals surface area contributed by atoms with E-state index >= 15 is 0 Å². The Balaban J connectivity index is 2.72. The molecule has 0 aliphatic heterocycles. The summed E-state index contributed by atoms with van der Waals surface area (Å²) >= 11 is 0. The van der Waals surface area contributed by atoms with Crippen molar-refractivity contribution in [2.24, 2.45) is 5.92 Å². The van der Waals surface area contributed by atoms with Gasteiger partial charge in [-0.25, -0.2) is 8.42 Å². The molecule has 3 unspecified atom stereocenters. The van der Waals surface area contributed by atoms with Gasteiger partial charge in [-0.05, 0) is 25.2 Å². The van der Waals surface area contributed by atoms with Crippen LogP contribution >= 0.6 is 0 Å². The second-order valence-corrected chi connectivity index (χ2v) is 6.69. The summed E-state index contributed by atoms with van der Waals surface area (Å²) in [7, 11) is -3.32. The zero-order chi connectivity index (χ0) is 12.6. The molecule has 0 radical (unpaired) electrons. The standard InChI is InChI=1S/C9H15F3O3S/c1-16(14,15)7-4-2-3-6(5-7)8(13)9(10,11)12/h6-8,13H,2-5H2,1H3. The maximum absolute atomic E-state index is 12.3. The van der Waals surface area contributed by atoms with Crippen molar-refractivity contribution < 1.29 is 26.7 Å². The Kier molecular flexibility index (Phi) is 3.89. The van der Waals surface area contributed by atoms with Gasteiger partial charge in [0, 0.05) is 6.26 Å². The monoisotopic (exact) mass is 260 g/mol. The molecule has 1 aliphatic rings. The summed E-state index contributed by atoms with van der Waals surface area (Å²) in [4.78, 5) is 0. The van der Waals surface area contributed by atoms with Gasteiger partial charge < -0.3 is 5.11 Å². The SMILES string of the molecule is CS(=O)(=O)C1CCCC(C(O)C(F)(F)F)C1. The van der Waals surface area contributed by atoms with Crippen LogP contribution in [0.2, 0.25) is 0 Å². The molecule has 1 saturated carbocycles. The third-order valence-corrected chi connectivity index (χ3v) is 4.69. The number of hydrogen-bond acceptors (Lipinski definition) is 3. The third kappa shape index (κ3) is 3.35. The highest BCUT2D eigenvalue weighted by atomic mass is 32.2. The largest absolute Gasteiger partial charge is 0.414 e. The fourth-order valence-electron chi connectivity index (χ4n) is 2.12. The number of rotatable bonds is 2. The lowest BCUT2D eigenvalue weighted by atomic mass is 9.84. The molecule has 0 amide bonds. The van der Waals surface area contributed by atoms with Gasteiger partial charge >= 0.3 is 6.18 Å². The highest BCUT2D eigenvalue weighted by molar-refractivity contribution is 7.91. The maximum Gasteiger partial charge on any atom is 0.414 e. The highest BCUT2D eigenvalue weighted by Crippen LogP contribution is 2.36. The van der Waals surface area contributed by atoms with E-state index in [1.165, 1.54) is 0 Å². The second-order valence-electron chi connectivity index (χ2n) is 4.36. The fourth-order valence-corrected chi connectivity index (χ4v) is 3.32. The number of hydrogen-bond donors (Lipinski definition) is 1. The van der Waals surface area contributed by atoms with Gasteiger partial charge in [-0.15, -0.1) is 0 Å². The van der Waals surface area contributed by atoms with Gasteiger partial charge in [0.2, 0.25) is 0 Å². The lowest BCUT2D eigenvalue weighted by molar-refractivity contribution is -0.221. The predicted molar refractivity (Wildman–Crippen MR) is 52.7 cm³/mol. The van der Waals surface area contributed by atoms with Crippen molar-refractivity contribution >= 4 is 9.84 Å². The summed E-state index contributed by atoms with van der Waals surface area (Å²) in [6, 6.07) is 0.